The van der Waals surface area contributed by atoms with Crippen molar-refractivity contribution >= 4 is 17.5 Å². The van der Waals surface area contributed by atoms with Gasteiger partial charge < -0.3 is 15.2 Å². The molecule has 0 aliphatic carbocycles. The molecule has 0 bridgehead atoms. The van der Waals surface area contributed by atoms with Crippen molar-refractivity contribution < 1.29 is 14.6 Å². The van der Waals surface area contributed by atoms with Crippen LogP contribution >= 0.6 is 0 Å². The Morgan fingerprint density at radius 3 is 2.48 bits per heavy atom. The topological polar surface area (TPSA) is 58.6 Å². The molecule has 2 aromatic rings. The van der Waals surface area contributed by atoms with Gasteiger partial charge in [0.2, 0.25) is 0 Å². The Hall–Kier alpha value is -2.75. The number of nitrogens with one attached hydrogen (secondary N) is 1. The molecule has 0 atom stereocenters. The number of allylic oxidation sites excluding steroid dienone is 1. The highest BCUT2D eigenvalue weighted by Crippen LogP contribution is 2.30. The summed E-state index contributed by atoms with van der Waals surface area (Å²) in [6.07, 6.45) is 3.95. The van der Waals surface area contributed by atoms with Gasteiger partial charge in [0, 0.05) is 29.9 Å². The summed E-state index contributed by atoms with van der Waals surface area (Å²) in [7, 11) is 1.84. The van der Waals surface area contributed by atoms with E-state index in [4.69, 9.17) is 4.74 Å². The van der Waals surface area contributed by atoms with E-state index in [0.29, 0.717) is 17.7 Å². The molecular formula is C21H25NO3. The summed E-state index contributed by atoms with van der Waals surface area (Å²) in [4.78, 5) is 12.4. The second-order valence-corrected chi connectivity index (χ2v) is 6.06. The number of hydrogen-bond donors (Lipinski definition) is 2. The Bertz CT molecular complexity index is 761. The molecule has 0 aliphatic rings. The van der Waals surface area contributed by atoms with Crippen molar-refractivity contribution in [2.24, 2.45) is 0 Å². The zero-order valence-corrected chi connectivity index (χ0v) is 15.2. The van der Waals surface area contributed by atoms with Gasteiger partial charge in [-0.25, -0.2) is 0 Å². The van der Waals surface area contributed by atoms with Crippen LogP contribution < -0.4 is 10.1 Å². The van der Waals surface area contributed by atoms with Crippen LogP contribution in [0, 0.1) is 0 Å². The molecule has 0 heterocycles. The summed E-state index contributed by atoms with van der Waals surface area (Å²) in [5.74, 6) is 0.702. The van der Waals surface area contributed by atoms with Gasteiger partial charge in [-0.3, -0.25) is 4.79 Å². The number of aryl methyl sites for hydroxylation is 1. The van der Waals surface area contributed by atoms with Crippen LogP contribution in [0.4, 0.5) is 5.69 Å². The first kappa shape index (κ1) is 18.6. The molecule has 0 saturated heterocycles. The molecular weight excluding hydrogens is 314 g/mol. The molecule has 132 valence electrons. The van der Waals surface area contributed by atoms with Crippen LogP contribution in [0.3, 0.4) is 0 Å². The Labute approximate surface area is 149 Å². The largest absolute Gasteiger partial charge is 0.508 e. The van der Waals surface area contributed by atoms with E-state index >= 15 is 0 Å². The maximum Gasteiger partial charge on any atom is 0.185 e. The van der Waals surface area contributed by atoms with E-state index in [1.54, 1.807) is 24.3 Å². The highest BCUT2D eigenvalue weighted by Gasteiger charge is 2.10. The van der Waals surface area contributed by atoms with Crippen LogP contribution in [0.2, 0.25) is 0 Å². The molecule has 0 saturated carbocycles. The smallest absolute Gasteiger partial charge is 0.185 e. The minimum Gasteiger partial charge on any atom is -0.508 e. The second kappa shape index (κ2) is 8.38. The van der Waals surface area contributed by atoms with Gasteiger partial charge in [-0.1, -0.05) is 6.92 Å². The molecule has 0 unspecified atom stereocenters. The van der Waals surface area contributed by atoms with E-state index in [1.165, 1.54) is 6.08 Å². The van der Waals surface area contributed by atoms with Crippen molar-refractivity contribution in [2.75, 3.05) is 12.4 Å². The molecule has 2 rings (SSSR count). The molecule has 0 radical (unpaired) electrons. The molecule has 0 fully saturated rings. The number of phenols is 1. The van der Waals surface area contributed by atoms with Gasteiger partial charge in [0.25, 0.3) is 0 Å². The van der Waals surface area contributed by atoms with Crippen molar-refractivity contribution in [3.8, 4) is 11.5 Å². The number of ether oxygens (including phenoxy) is 1. The van der Waals surface area contributed by atoms with Crippen LogP contribution in [0.15, 0.2) is 42.5 Å². The van der Waals surface area contributed by atoms with E-state index in [9.17, 15) is 9.90 Å². The van der Waals surface area contributed by atoms with E-state index in [1.807, 2.05) is 46.0 Å². The van der Waals surface area contributed by atoms with Crippen LogP contribution in [-0.4, -0.2) is 24.0 Å². The van der Waals surface area contributed by atoms with E-state index in [-0.39, 0.29) is 17.6 Å². The van der Waals surface area contributed by atoms with Gasteiger partial charge in [0.1, 0.15) is 11.5 Å². The third-order valence-electron chi connectivity index (χ3n) is 3.83. The predicted octanol–water partition coefficient (Wildman–Crippen LogP) is 4.68. The number of aromatic hydroxyl groups is 1. The number of benzene rings is 2. The monoisotopic (exact) mass is 339 g/mol. The second-order valence-electron chi connectivity index (χ2n) is 6.06. The SMILES string of the molecule is CCc1cc(C=CC(=O)c2ccc(NC)cc2)c(OC(C)C)cc1O. The first-order chi connectivity index (χ1) is 11.9. The summed E-state index contributed by atoms with van der Waals surface area (Å²) in [6, 6.07) is 10.8. The molecule has 25 heavy (non-hydrogen) atoms. The number of ketones is 1. The standard InChI is InChI=1S/C21H25NO3/c1-5-15-12-17(21(13-20(15)24)25-14(2)3)8-11-19(23)16-6-9-18(22-4)10-7-16/h6-14,22,24H,5H2,1-4H3. The van der Waals surface area contributed by atoms with E-state index < -0.39 is 0 Å². The molecule has 0 aromatic heterocycles. The minimum absolute atomic E-state index is 0.0242. The first-order valence-electron chi connectivity index (χ1n) is 8.47. The predicted molar refractivity (Wildman–Crippen MR) is 103 cm³/mol. The summed E-state index contributed by atoms with van der Waals surface area (Å²) >= 11 is 0. The lowest BCUT2D eigenvalue weighted by Gasteiger charge is -2.14. The van der Waals surface area contributed by atoms with Gasteiger partial charge in [0.05, 0.1) is 6.10 Å². The van der Waals surface area contributed by atoms with Gasteiger partial charge in [-0.2, -0.15) is 0 Å². The lowest BCUT2D eigenvalue weighted by Crippen LogP contribution is -2.07. The van der Waals surface area contributed by atoms with E-state index in [2.05, 4.69) is 5.32 Å². The molecule has 0 amide bonds. The molecule has 2 aromatic carbocycles. The number of rotatable bonds is 7. The first-order valence-corrected chi connectivity index (χ1v) is 8.47. The van der Waals surface area contributed by atoms with Crippen molar-refractivity contribution in [1.82, 2.24) is 0 Å². The van der Waals surface area contributed by atoms with Gasteiger partial charge >= 0.3 is 0 Å². The van der Waals surface area contributed by atoms with Crippen LogP contribution in [0.5, 0.6) is 11.5 Å². The highest BCUT2D eigenvalue weighted by molar-refractivity contribution is 6.07. The fourth-order valence-corrected chi connectivity index (χ4v) is 2.47. The van der Waals surface area contributed by atoms with Crippen molar-refractivity contribution in [2.45, 2.75) is 33.3 Å². The van der Waals surface area contributed by atoms with Crippen LogP contribution in [-0.2, 0) is 6.42 Å². The normalized spacial score (nSPS) is 11.1. The Balaban J connectivity index is 2.29. The zero-order chi connectivity index (χ0) is 18.4. The number of anilines is 1. The van der Waals surface area contributed by atoms with Crippen molar-refractivity contribution in [1.29, 1.82) is 0 Å². The zero-order valence-electron chi connectivity index (χ0n) is 15.2. The average molecular weight is 339 g/mol. The number of phenolic OH excluding ortho intramolecular Hbond substituents is 1. The summed E-state index contributed by atoms with van der Waals surface area (Å²) < 4.78 is 5.76. The lowest BCUT2D eigenvalue weighted by molar-refractivity contribution is 0.104. The van der Waals surface area contributed by atoms with Crippen molar-refractivity contribution in [3.05, 3.63) is 59.2 Å². The lowest BCUT2D eigenvalue weighted by atomic mass is 10.0. The highest BCUT2D eigenvalue weighted by atomic mass is 16.5. The minimum atomic E-state index is -0.0794. The number of carbonyl (C=O) groups is 1. The van der Waals surface area contributed by atoms with Crippen LogP contribution in [0.25, 0.3) is 6.08 Å². The molecule has 2 N–H and O–H groups in total. The summed E-state index contributed by atoms with van der Waals surface area (Å²) in [5.41, 5.74) is 3.18. The maximum absolute atomic E-state index is 12.4. The van der Waals surface area contributed by atoms with E-state index in [0.717, 1.165) is 16.8 Å². The third kappa shape index (κ3) is 4.86. The fourth-order valence-electron chi connectivity index (χ4n) is 2.47. The summed E-state index contributed by atoms with van der Waals surface area (Å²) in [6.45, 7) is 5.82. The number of carbonyl (C=O) groups excluding carboxylic acids is 1. The average Bonchev–Trinajstić information content (AvgIpc) is 2.60. The van der Waals surface area contributed by atoms with Gasteiger partial charge in [-0.15, -0.1) is 0 Å². The van der Waals surface area contributed by atoms with Gasteiger partial charge in [0.15, 0.2) is 5.78 Å². The molecule has 4 heteroatoms. The fraction of sp³-hybridized carbons (Fsp3) is 0.286. The van der Waals surface area contributed by atoms with Crippen molar-refractivity contribution in [3.63, 3.8) is 0 Å². The molecule has 4 nitrogen and oxygen atoms in total. The maximum atomic E-state index is 12.4. The van der Waals surface area contributed by atoms with Crippen LogP contribution in [0.1, 0.15) is 42.3 Å². The Kier molecular flexibility index (Phi) is 6.23. The molecule has 0 aliphatic heterocycles. The third-order valence-corrected chi connectivity index (χ3v) is 3.83. The van der Waals surface area contributed by atoms with Gasteiger partial charge in [-0.05, 0) is 68.3 Å². The quantitative estimate of drug-likeness (QED) is 0.568. The Morgan fingerprint density at radius 2 is 1.92 bits per heavy atom. The molecule has 0 spiro atoms. The number of hydrogen-bond acceptors (Lipinski definition) is 4. The Morgan fingerprint density at radius 1 is 1.24 bits per heavy atom. The summed E-state index contributed by atoms with van der Waals surface area (Å²) in [5, 5.41) is 13.1.